The highest BCUT2D eigenvalue weighted by atomic mass is 19.4. The molecule has 3 N–H and O–H groups in total. The van der Waals surface area contributed by atoms with Crippen molar-refractivity contribution in [2.45, 2.75) is 38.2 Å². The number of primary amides is 1. The van der Waals surface area contributed by atoms with Crippen molar-refractivity contribution >= 4 is 23.5 Å². The van der Waals surface area contributed by atoms with Crippen LogP contribution in [0.25, 0.3) is 11.4 Å². The van der Waals surface area contributed by atoms with Gasteiger partial charge in [0.2, 0.25) is 5.91 Å². The SMILES string of the molecule is CC(Nc1ccc2c(c1)OCCn1c-2nc(N2C(=O)OC[C@H]2C(F)F)c1C(F)(F)F)C(N)=O. The molecule has 1 saturated heterocycles. The Kier molecular flexibility index (Phi) is 5.54. The quantitative estimate of drug-likeness (QED) is 0.644. The maximum absolute atomic E-state index is 14.0. The predicted octanol–water partition coefficient (Wildman–Crippen LogP) is 2.84. The lowest BCUT2D eigenvalue weighted by molar-refractivity contribution is -0.143. The molecular weight excluding hydrogens is 457 g/mol. The van der Waals surface area contributed by atoms with Crippen molar-refractivity contribution in [1.82, 2.24) is 9.55 Å². The van der Waals surface area contributed by atoms with E-state index in [1.165, 1.54) is 25.1 Å². The van der Waals surface area contributed by atoms with Crippen LogP contribution in [0.2, 0.25) is 0 Å². The zero-order valence-corrected chi connectivity index (χ0v) is 17.0. The third kappa shape index (κ3) is 4.00. The number of ether oxygens (including phenoxy) is 2. The number of benzene rings is 1. The molecule has 33 heavy (non-hydrogen) atoms. The number of nitrogens with two attached hydrogens (primary N) is 1. The molecule has 1 unspecified atom stereocenters. The Morgan fingerprint density at radius 2 is 2.03 bits per heavy atom. The molecule has 3 heterocycles. The minimum Gasteiger partial charge on any atom is -0.491 e. The van der Waals surface area contributed by atoms with Gasteiger partial charge in [0.25, 0.3) is 6.43 Å². The first-order valence-electron chi connectivity index (χ1n) is 9.74. The summed E-state index contributed by atoms with van der Waals surface area (Å²) in [5, 5.41) is 2.83. The van der Waals surface area contributed by atoms with Gasteiger partial charge in [-0.05, 0) is 19.1 Å². The largest absolute Gasteiger partial charge is 0.491 e. The van der Waals surface area contributed by atoms with Crippen molar-refractivity contribution < 1.29 is 41.0 Å². The topological polar surface area (TPSA) is 112 Å². The molecule has 0 aliphatic carbocycles. The number of alkyl halides is 5. The minimum absolute atomic E-state index is 0.141. The van der Waals surface area contributed by atoms with E-state index in [0.717, 1.165) is 4.57 Å². The molecule has 2 amide bonds. The fourth-order valence-corrected chi connectivity index (χ4v) is 3.66. The Balaban J connectivity index is 1.85. The average molecular weight is 475 g/mol. The first kappa shape index (κ1) is 22.6. The molecule has 0 saturated carbocycles. The smallest absolute Gasteiger partial charge is 0.435 e. The monoisotopic (exact) mass is 475 g/mol. The maximum Gasteiger partial charge on any atom is 0.435 e. The second kappa shape index (κ2) is 8.08. The van der Waals surface area contributed by atoms with Gasteiger partial charge in [0, 0.05) is 11.8 Å². The fourth-order valence-electron chi connectivity index (χ4n) is 3.66. The average Bonchev–Trinajstić information content (AvgIpc) is 3.23. The van der Waals surface area contributed by atoms with Gasteiger partial charge in [0.05, 0.1) is 12.1 Å². The number of carbonyl (C=O) groups is 2. The molecule has 0 spiro atoms. The van der Waals surface area contributed by atoms with E-state index in [-0.39, 0.29) is 35.2 Å². The number of nitrogens with zero attached hydrogens (tertiary/aromatic N) is 3. The summed E-state index contributed by atoms with van der Waals surface area (Å²) in [4.78, 5) is 27.6. The molecule has 178 valence electrons. The van der Waals surface area contributed by atoms with Gasteiger partial charge in [-0.15, -0.1) is 0 Å². The number of imidazole rings is 1. The van der Waals surface area contributed by atoms with Crippen molar-refractivity contribution in [2.75, 3.05) is 23.4 Å². The second-order valence-corrected chi connectivity index (χ2v) is 7.43. The molecule has 2 aliphatic rings. The molecule has 0 bridgehead atoms. The van der Waals surface area contributed by atoms with Gasteiger partial charge in [-0.1, -0.05) is 0 Å². The number of fused-ring (bicyclic) bond motifs is 3. The van der Waals surface area contributed by atoms with Crippen LogP contribution in [0.3, 0.4) is 0 Å². The lowest BCUT2D eigenvalue weighted by atomic mass is 10.1. The molecule has 0 radical (unpaired) electrons. The van der Waals surface area contributed by atoms with E-state index in [1.54, 1.807) is 0 Å². The van der Waals surface area contributed by atoms with E-state index in [2.05, 4.69) is 15.0 Å². The summed E-state index contributed by atoms with van der Waals surface area (Å²) in [7, 11) is 0. The Morgan fingerprint density at radius 3 is 2.67 bits per heavy atom. The lowest BCUT2D eigenvalue weighted by Crippen LogP contribution is -2.40. The first-order chi connectivity index (χ1) is 15.5. The summed E-state index contributed by atoms with van der Waals surface area (Å²) in [6, 6.07) is 1.71. The number of carbonyl (C=O) groups excluding carboxylic acids is 2. The summed E-state index contributed by atoms with van der Waals surface area (Å²) >= 11 is 0. The Hall–Kier alpha value is -3.58. The van der Waals surface area contributed by atoms with Crippen molar-refractivity contribution in [3.8, 4) is 17.1 Å². The number of hydrogen-bond acceptors (Lipinski definition) is 6. The second-order valence-electron chi connectivity index (χ2n) is 7.43. The Bertz CT molecular complexity index is 1100. The summed E-state index contributed by atoms with van der Waals surface area (Å²) in [5.74, 6) is -1.64. The fraction of sp³-hybridized carbons (Fsp3) is 0.421. The van der Waals surface area contributed by atoms with Crippen LogP contribution in [0.4, 0.5) is 38.3 Å². The number of amides is 2. The third-order valence-electron chi connectivity index (χ3n) is 5.25. The molecule has 1 fully saturated rings. The Labute approximate surface area is 183 Å². The molecule has 2 atom stereocenters. The Morgan fingerprint density at radius 1 is 1.30 bits per heavy atom. The first-order valence-corrected chi connectivity index (χ1v) is 9.74. The normalized spacial score (nSPS) is 18.8. The van der Waals surface area contributed by atoms with Gasteiger partial charge in [-0.2, -0.15) is 13.2 Å². The van der Waals surface area contributed by atoms with Crippen LogP contribution in [-0.2, 0) is 22.3 Å². The van der Waals surface area contributed by atoms with E-state index < -0.39 is 54.8 Å². The van der Waals surface area contributed by atoms with Crippen LogP contribution in [0, 0.1) is 0 Å². The van der Waals surface area contributed by atoms with E-state index in [0.29, 0.717) is 5.69 Å². The zero-order chi connectivity index (χ0) is 24.1. The predicted molar refractivity (Wildman–Crippen MR) is 104 cm³/mol. The molecular formula is C19H18F5N5O4. The summed E-state index contributed by atoms with van der Waals surface area (Å²) in [5.41, 5.74) is 4.42. The van der Waals surface area contributed by atoms with Crippen LogP contribution < -0.4 is 20.7 Å². The van der Waals surface area contributed by atoms with Gasteiger partial charge in [-0.25, -0.2) is 23.5 Å². The van der Waals surface area contributed by atoms with E-state index in [4.69, 9.17) is 10.5 Å². The zero-order valence-electron chi connectivity index (χ0n) is 17.0. The molecule has 14 heteroatoms. The highest BCUT2D eigenvalue weighted by Crippen LogP contribution is 2.44. The van der Waals surface area contributed by atoms with Crippen molar-refractivity contribution in [2.24, 2.45) is 5.73 Å². The van der Waals surface area contributed by atoms with Crippen LogP contribution in [0.5, 0.6) is 5.75 Å². The number of aromatic nitrogens is 2. The molecule has 1 aromatic carbocycles. The molecule has 4 rings (SSSR count). The van der Waals surface area contributed by atoms with Crippen LogP contribution >= 0.6 is 0 Å². The third-order valence-corrected chi connectivity index (χ3v) is 5.25. The number of cyclic esters (lactones) is 1. The van der Waals surface area contributed by atoms with Crippen molar-refractivity contribution in [3.05, 3.63) is 23.9 Å². The van der Waals surface area contributed by atoms with Crippen molar-refractivity contribution in [1.29, 1.82) is 0 Å². The van der Waals surface area contributed by atoms with Crippen LogP contribution in [0.1, 0.15) is 12.6 Å². The number of rotatable bonds is 5. The molecule has 2 aromatic rings. The summed E-state index contributed by atoms with van der Waals surface area (Å²) in [6.07, 6.45) is -9.50. The molecule has 1 aromatic heterocycles. The highest BCUT2D eigenvalue weighted by Gasteiger charge is 2.49. The van der Waals surface area contributed by atoms with Gasteiger partial charge >= 0.3 is 12.3 Å². The lowest BCUT2D eigenvalue weighted by Gasteiger charge is -2.21. The standard InChI is InChI=1S/C19H18F5N5O4/c1-8(15(25)30)26-9-2-3-10-12(6-9)32-5-4-28-13(19(22,23)24)17(27-16(10)28)29-11(14(20)21)7-33-18(29)31/h2-3,6,8,11,14,26H,4-5,7H2,1H3,(H2,25,30)/t8?,11-/m0/s1. The number of halogens is 5. The molecule has 2 aliphatic heterocycles. The van der Waals surface area contributed by atoms with E-state index in [9.17, 15) is 31.5 Å². The number of nitrogens with one attached hydrogen (secondary N) is 1. The van der Waals surface area contributed by atoms with Crippen LogP contribution in [-0.4, -0.2) is 53.3 Å². The molecule has 9 nitrogen and oxygen atoms in total. The van der Waals surface area contributed by atoms with Gasteiger partial charge in [-0.3, -0.25) is 4.79 Å². The van der Waals surface area contributed by atoms with Gasteiger partial charge in [0.15, 0.2) is 11.5 Å². The maximum atomic E-state index is 14.0. The summed E-state index contributed by atoms with van der Waals surface area (Å²) < 4.78 is 79.9. The van der Waals surface area contributed by atoms with Crippen molar-refractivity contribution in [3.63, 3.8) is 0 Å². The van der Waals surface area contributed by atoms with E-state index in [1.807, 2.05) is 0 Å². The number of hydrogen-bond donors (Lipinski definition) is 2. The van der Waals surface area contributed by atoms with Gasteiger partial charge < -0.3 is 25.1 Å². The minimum atomic E-state index is -5.01. The highest BCUT2D eigenvalue weighted by molar-refractivity contribution is 5.91. The van der Waals surface area contributed by atoms with Gasteiger partial charge in [0.1, 0.15) is 36.9 Å². The van der Waals surface area contributed by atoms with Crippen LogP contribution in [0.15, 0.2) is 18.2 Å². The number of anilines is 2. The van der Waals surface area contributed by atoms with E-state index >= 15 is 0 Å². The summed E-state index contributed by atoms with van der Waals surface area (Å²) in [6.45, 7) is 0.256.